The second-order valence-electron chi connectivity index (χ2n) is 5.62. The van der Waals surface area contributed by atoms with Gasteiger partial charge in [-0.15, -0.1) is 0 Å². The van der Waals surface area contributed by atoms with Crippen LogP contribution in [0, 0.1) is 0 Å². The maximum absolute atomic E-state index is 12.2. The number of hydrogen-bond acceptors (Lipinski definition) is 6. The fourth-order valence-corrected chi connectivity index (χ4v) is 3.40. The topological polar surface area (TPSA) is 89.6 Å². The Balaban J connectivity index is 1.31. The summed E-state index contributed by atoms with van der Waals surface area (Å²) in [5.41, 5.74) is 0.822. The van der Waals surface area contributed by atoms with Crippen LogP contribution in [0.2, 0.25) is 0 Å². The van der Waals surface area contributed by atoms with Gasteiger partial charge in [-0.1, -0.05) is 35.6 Å². The zero-order valence-electron chi connectivity index (χ0n) is 13.6. The Labute approximate surface area is 152 Å². The van der Waals surface area contributed by atoms with Crippen LogP contribution in [0.3, 0.4) is 0 Å². The van der Waals surface area contributed by atoms with E-state index in [-0.39, 0.29) is 19.1 Å². The molecule has 26 heavy (non-hydrogen) atoms. The molecule has 8 heteroatoms. The molecule has 1 aromatic heterocycles. The second kappa shape index (κ2) is 7.01. The van der Waals surface area contributed by atoms with Gasteiger partial charge in [-0.2, -0.15) is 0 Å². The van der Waals surface area contributed by atoms with E-state index >= 15 is 0 Å². The molecule has 2 amide bonds. The highest BCUT2D eigenvalue weighted by molar-refractivity contribution is 7.22. The second-order valence-corrected chi connectivity index (χ2v) is 6.65. The van der Waals surface area contributed by atoms with E-state index in [0.717, 1.165) is 10.2 Å². The predicted octanol–water partition coefficient (Wildman–Crippen LogP) is 2.19. The Morgan fingerprint density at radius 1 is 1.12 bits per heavy atom. The first kappa shape index (κ1) is 16.3. The van der Waals surface area contributed by atoms with E-state index in [4.69, 9.17) is 9.47 Å². The van der Waals surface area contributed by atoms with Crippen molar-refractivity contribution in [3.05, 3.63) is 48.5 Å². The number of hydrogen-bond donors (Lipinski definition) is 2. The number of rotatable bonds is 4. The lowest BCUT2D eigenvalue weighted by Crippen LogP contribution is -2.46. The number of fused-ring (bicyclic) bond motifs is 2. The molecule has 132 valence electrons. The number of benzene rings is 2. The Kier molecular flexibility index (Phi) is 4.40. The highest BCUT2D eigenvalue weighted by atomic mass is 32.1. The van der Waals surface area contributed by atoms with Crippen molar-refractivity contribution in [3.8, 4) is 11.5 Å². The predicted molar refractivity (Wildman–Crippen MR) is 97.6 cm³/mol. The van der Waals surface area contributed by atoms with Crippen molar-refractivity contribution in [3.63, 3.8) is 0 Å². The molecule has 0 aliphatic carbocycles. The normalized spacial score (nSPS) is 15.5. The number of nitrogens with one attached hydrogen (secondary N) is 2. The third kappa shape index (κ3) is 3.45. The molecule has 0 unspecified atom stereocenters. The molecule has 0 radical (unpaired) electrons. The molecule has 1 aliphatic rings. The van der Waals surface area contributed by atoms with Crippen molar-refractivity contribution in [2.75, 3.05) is 18.5 Å². The standard InChI is InChI=1S/C18H15N3O4S/c22-16(21-18-20-11-5-1-4-8-15(11)26-18)9-19-17(23)14-10-24-12-6-2-3-7-13(12)25-14/h1-8,14H,9-10H2,(H,19,23)(H,20,21,22)/t14-/m1/s1. The average molecular weight is 369 g/mol. The van der Waals surface area contributed by atoms with E-state index in [2.05, 4.69) is 15.6 Å². The molecule has 1 aliphatic heterocycles. The van der Waals surface area contributed by atoms with Gasteiger partial charge in [0.15, 0.2) is 16.6 Å². The first-order valence-electron chi connectivity index (χ1n) is 8.01. The molecule has 2 aromatic carbocycles. The third-order valence-corrected chi connectivity index (χ3v) is 4.72. The van der Waals surface area contributed by atoms with Gasteiger partial charge in [0.05, 0.1) is 16.8 Å². The average Bonchev–Trinajstić information content (AvgIpc) is 3.08. The van der Waals surface area contributed by atoms with Crippen LogP contribution in [0.5, 0.6) is 11.5 Å². The summed E-state index contributed by atoms with van der Waals surface area (Å²) in [6.45, 7) is -0.0708. The number of aromatic nitrogens is 1. The van der Waals surface area contributed by atoms with Gasteiger partial charge in [0.25, 0.3) is 5.91 Å². The maximum Gasteiger partial charge on any atom is 0.265 e. The highest BCUT2D eigenvalue weighted by Crippen LogP contribution is 2.30. The van der Waals surface area contributed by atoms with Gasteiger partial charge in [0.2, 0.25) is 12.0 Å². The molecule has 1 atom stereocenters. The molecule has 2 heterocycles. The fraction of sp³-hybridized carbons (Fsp3) is 0.167. The molecule has 2 N–H and O–H groups in total. The first-order valence-corrected chi connectivity index (χ1v) is 8.82. The van der Waals surface area contributed by atoms with E-state index in [1.807, 2.05) is 30.3 Å². The van der Waals surface area contributed by atoms with Gasteiger partial charge in [-0.3, -0.25) is 9.59 Å². The summed E-state index contributed by atoms with van der Waals surface area (Å²) >= 11 is 1.38. The smallest absolute Gasteiger partial charge is 0.265 e. The monoisotopic (exact) mass is 369 g/mol. The molecular weight excluding hydrogens is 354 g/mol. The lowest BCUT2D eigenvalue weighted by molar-refractivity contribution is -0.131. The summed E-state index contributed by atoms with van der Waals surface area (Å²) in [7, 11) is 0. The fourth-order valence-electron chi connectivity index (χ4n) is 2.52. The lowest BCUT2D eigenvalue weighted by Gasteiger charge is -2.25. The summed E-state index contributed by atoms with van der Waals surface area (Å²) in [5, 5.41) is 5.74. The zero-order valence-corrected chi connectivity index (χ0v) is 14.4. The highest BCUT2D eigenvalue weighted by Gasteiger charge is 2.27. The van der Waals surface area contributed by atoms with Crippen LogP contribution in [0.1, 0.15) is 0 Å². The van der Waals surface area contributed by atoms with Crippen LogP contribution in [-0.4, -0.2) is 36.1 Å². The number of anilines is 1. The number of amides is 2. The van der Waals surface area contributed by atoms with E-state index < -0.39 is 12.0 Å². The molecule has 7 nitrogen and oxygen atoms in total. The van der Waals surface area contributed by atoms with Crippen molar-refractivity contribution in [1.29, 1.82) is 0 Å². The summed E-state index contributed by atoms with van der Waals surface area (Å²) in [5.74, 6) is 0.358. The summed E-state index contributed by atoms with van der Waals surface area (Å²) in [4.78, 5) is 28.6. The van der Waals surface area contributed by atoms with Crippen LogP contribution >= 0.6 is 11.3 Å². The van der Waals surface area contributed by atoms with Gasteiger partial charge in [0, 0.05) is 0 Å². The van der Waals surface area contributed by atoms with Gasteiger partial charge in [-0.05, 0) is 24.3 Å². The molecule has 4 rings (SSSR count). The maximum atomic E-state index is 12.2. The molecule has 3 aromatic rings. The molecule has 0 spiro atoms. The van der Waals surface area contributed by atoms with Crippen molar-refractivity contribution in [1.82, 2.24) is 10.3 Å². The Bertz CT molecular complexity index is 939. The largest absolute Gasteiger partial charge is 0.485 e. The third-order valence-electron chi connectivity index (χ3n) is 3.76. The number of carbonyl (C=O) groups excluding carboxylic acids is 2. The Morgan fingerprint density at radius 3 is 2.73 bits per heavy atom. The van der Waals surface area contributed by atoms with Crippen LogP contribution in [0.25, 0.3) is 10.2 Å². The van der Waals surface area contributed by atoms with Crippen LogP contribution in [-0.2, 0) is 9.59 Å². The summed E-state index contributed by atoms with van der Waals surface area (Å²) in [6, 6.07) is 14.7. The SMILES string of the molecule is O=C(CNC(=O)[C@H]1COc2ccccc2O1)Nc1nc2ccccc2s1. The van der Waals surface area contributed by atoms with Gasteiger partial charge in [-0.25, -0.2) is 4.98 Å². The quantitative estimate of drug-likeness (QED) is 0.736. The minimum absolute atomic E-state index is 0.0995. The van der Waals surface area contributed by atoms with Crippen molar-refractivity contribution < 1.29 is 19.1 Å². The van der Waals surface area contributed by atoms with E-state index in [9.17, 15) is 9.59 Å². The van der Waals surface area contributed by atoms with Crippen molar-refractivity contribution in [2.24, 2.45) is 0 Å². The molecular formula is C18H15N3O4S. The number of thiazole rings is 1. The van der Waals surface area contributed by atoms with Gasteiger partial charge >= 0.3 is 0 Å². The van der Waals surface area contributed by atoms with Crippen molar-refractivity contribution in [2.45, 2.75) is 6.10 Å². The molecule has 0 bridgehead atoms. The van der Waals surface area contributed by atoms with E-state index in [1.165, 1.54) is 11.3 Å². The van der Waals surface area contributed by atoms with Crippen LogP contribution in [0.4, 0.5) is 5.13 Å². The first-order chi connectivity index (χ1) is 12.7. The number of carbonyl (C=O) groups is 2. The zero-order chi connectivity index (χ0) is 17.9. The molecule has 0 fully saturated rings. The minimum atomic E-state index is -0.792. The van der Waals surface area contributed by atoms with E-state index in [1.54, 1.807) is 18.2 Å². The summed E-state index contributed by atoms with van der Waals surface area (Å²) in [6.07, 6.45) is -0.792. The molecule has 0 saturated heterocycles. The lowest BCUT2D eigenvalue weighted by atomic mass is 10.2. The number of para-hydroxylation sites is 3. The van der Waals surface area contributed by atoms with Crippen molar-refractivity contribution >= 4 is 38.5 Å². The minimum Gasteiger partial charge on any atom is -0.485 e. The van der Waals surface area contributed by atoms with E-state index in [0.29, 0.717) is 16.6 Å². The van der Waals surface area contributed by atoms with Crippen LogP contribution < -0.4 is 20.1 Å². The number of ether oxygens (including phenoxy) is 2. The Hall–Kier alpha value is -3.13. The molecule has 0 saturated carbocycles. The van der Waals surface area contributed by atoms with Crippen LogP contribution in [0.15, 0.2) is 48.5 Å². The van der Waals surface area contributed by atoms with Gasteiger partial charge in [0.1, 0.15) is 6.61 Å². The van der Waals surface area contributed by atoms with Gasteiger partial charge < -0.3 is 20.1 Å². The Morgan fingerprint density at radius 2 is 1.88 bits per heavy atom. The summed E-state index contributed by atoms with van der Waals surface area (Å²) < 4.78 is 12.1. The number of nitrogens with zero attached hydrogens (tertiary/aromatic N) is 1.